The predicted molar refractivity (Wildman–Crippen MR) is 125 cm³/mol. The summed E-state index contributed by atoms with van der Waals surface area (Å²) in [5.74, 6) is 2.02. The van der Waals surface area contributed by atoms with Gasteiger partial charge in [0, 0.05) is 77.1 Å². The average Bonchev–Trinajstić information content (AvgIpc) is 2.81. The van der Waals surface area contributed by atoms with E-state index < -0.39 is 0 Å². The Balaban J connectivity index is 0.00000156. The van der Waals surface area contributed by atoms with E-state index in [1.807, 2.05) is 20.8 Å². The summed E-state index contributed by atoms with van der Waals surface area (Å²) in [5.41, 5.74) is 0. The van der Waals surface area contributed by atoms with Crippen LogP contribution in [0.3, 0.4) is 0 Å². The summed E-state index contributed by atoms with van der Waals surface area (Å²) in [4.78, 5) is 32.0. The van der Waals surface area contributed by atoms with Gasteiger partial charge in [-0.1, -0.05) is 27.7 Å². The Labute approximate surface area is 216 Å². The summed E-state index contributed by atoms with van der Waals surface area (Å²) in [6.07, 6.45) is 8.25. The molecule has 31 heavy (non-hydrogen) atoms. The Hall–Kier alpha value is 0.164. The minimum atomic E-state index is 0. The molecule has 0 aromatic carbocycles. The zero-order valence-electron chi connectivity index (χ0n) is 20.8. The van der Waals surface area contributed by atoms with Crippen LogP contribution in [-0.2, 0) is 42.3 Å². The first-order chi connectivity index (χ1) is 14.6. The third kappa shape index (κ3) is 9.51. The van der Waals surface area contributed by atoms with Crippen LogP contribution in [0.15, 0.2) is 0 Å². The van der Waals surface area contributed by atoms with Gasteiger partial charge in [0.15, 0.2) is 0 Å². The molecule has 0 aromatic rings. The second-order valence-corrected chi connectivity index (χ2v) is 9.41. The number of ketones is 1. The first-order valence-corrected chi connectivity index (χ1v) is 12.8. The van der Waals surface area contributed by atoms with Gasteiger partial charge in [0.05, 0.1) is 0 Å². The van der Waals surface area contributed by atoms with Gasteiger partial charge in [0.25, 0.3) is 0 Å². The molecule has 2 saturated heterocycles. The summed E-state index contributed by atoms with van der Waals surface area (Å²) in [6, 6.07) is 0. The number of likely N-dealkylation sites (tertiary alicyclic amines) is 1. The van der Waals surface area contributed by atoms with Gasteiger partial charge in [0.1, 0.15) is 5.78 Å². The van der Waals surface area contributed by atoms with E-state index in [0.717, 1.165) is 57.8 Å². The molecule has 1 aliphatic carbocycles. The molecule has 1 amide bonds. The number of piperidine rings is 1. The molecule has 0 atom stereocenters. The number of amides is 1. The van der Waals surface area contributed by atoms with Crippen molar-refractivity contribution in [3.05, 3.63) is 0 Å². The van der Waals surface area contributed by atoms with Crippen molar-refractivity contribution >= 4 is 11.7 Å². The molecule has 2 aliphatic heterocycles. The molecule has 0 N–H and O–H groups in total. The zero-order valence-corrected chi connectivity index (χ0v) is 23.6. The van der Waals surface area contributed by atoms with Crippen molar-refractivity contribution in [2.75, 3.05) is 52.4 Å². The van der Waals surface area contributed by atoms with Crippen LogP contribution in [0, 0.1) is 17.8 Å². The monoisotopic (exact) mass is 510 g/mol. The number of carbonyl (C=O) groups excluding carboxylic acids is 2. The molecule has 3 fully saturated rings. The minimum absolute atomic E-state index is 0. The number of rotatable bonds is 7. The maximum atomic E-state index is 12.9. The van der Waals surface area contributed by atoms with Crippen molar-refractivity contribution in [3.8, 4) is 0 Å². The molecule has 6 heteroatoms. The van der Waals surface area contributed by atoms with E-state index in [1.165, 1.54) is 45.4 Å². The van der Waals surface area contributed by atoms with E-state index in [0.29, 0.717) is 18.1 Å². The van der Waals surface area contributed by atoms with Crippen molar-refractivity contribution in [1.82, 2.24) is 14.7 Å². The van der Waals surface area contributed by atoms with Crippen LogP contribution in [0.2, 0.25) is 0 Å². The molecule has 3 aliphatic rings. The molecular weight excluding hydrogens is 463 g/mol. The largest absolute Gasteiger partial charge is 0.340 e. The van der Waals surface area contributed by atoms with Gasteiger partial charge in [-0.15, -0.1) is 0 Å². The van der Waals surface area contributed by atoms with Crippen LogP contribution >= 0.6 is 0 Å². The maximum Gasteiger partial charge on any atom is 0.225 e. The summed E-state index contributed by atoms with van der Waals surface area (Å²) in [5, 5.41) is 0. The van der Waals surface area contributed by atoms with Gasteiger partial charge < -0.3 is 9.80 Å². The van der Waals surface area contributed by atoms with Gasteiger partial charge in [-0.05, 0) is 77.0 Å². The summed E-state index contributed by atoms with van der Waals surface area (Å²) < 4.78 is 0. The number of carbonyl (C=O) groups is 2. The van der Waals surface area contributed by atoms with Crippen LogP contribution in [0.4, 0.5) is 0 Å². The third-order valence-electron chi connectivity index (χ3n) is 7.39. The topological polar surface area (TPSA) is 43.9 Å². The van der Waals surface area contributed by atoms with Gasteiger partial charge >= 0.3 is 0 Å². The van der Waals surface area contributed by atoms with Gasteiger partial charge in [-0.25, -0.2) is 0 Å². The van der Waals surface area contributed by atoms with Gasteiger partial charge in [0.2, 0.25) is 5.91 Å². The fraction of sp³-hybridized carbons (Fsp3) is 0.920. The Bertz CT molecular complexity index is 507. The minimum Gasteiger partial charge on any atom is -0.340 e. The molecule has 0 unspecified atom stereocenters. The fourth-order valence-electron chi connectivity index (χ4n) is 5.20. The van der Waals surface area contributed by atoms with E-state index in [2.05, 4.69) is 21.6 Å². The second kappa shape index (κ2) is 15.9. The zero-order chi connectivity index (χ0) is 21.9. The van der Waals surface area contributed by atoms with Gasteiger partial charge in [-0.3, -0.25) is 14.5 Å². The predicted octanol–water partition coefficient (Wildman–Crippen LogP) is 4.06. The van der Waals surface area contributed by atoms with Crippen LogP contribution < -0.4 is 0 Å². The third-order valence-corrected chi connectivity index (χ3v) is 7.39. The number of Topliss-reactive ketones (excluding diaryl/α,β-unsaturated/α-hetero) is 1. The molecule has 5 nitrogen and oxygen atoms in total. The van der Waals surface area contributed by atoms with Crippen LogP contribution in [0.5, 0.6) is 0 Å². The van der Waals surface area contributed by atoms with E-state index in [4.69, 9.17) is 0 Å². The van der Waals surface area contributed by atoms with Crippen LogP contribution in [0.1, 0.15) is 79.1 Å². The van der Waals surface area contributed by atoms with Crippen molar-refractivity contribution in [2.24, 2.45) is 17.8 Å². The molecule has 1 saturated carbocycles. The molecular formula is C25H47N3O2Y. The number of nitrogens with zero attached hydrogens (tertiary/aromatic N) is 3. The van der Waals surface area contributed by atoms with E-state index >= 15 is 0 Å². The van der Waals surface area contributed by atoms with E-state index in [9.17, 15) is 9.59 Å². The Morgan fingerprint density at radius 2 is 1.23 bits per heavy atom. The van der Waals surface area contributed by atoms with Crippen LogP contribution in [-0.4, -0.2) is 78.7 Å². The number of piperazine rings is 1. The molecule has 0 bridgehead atoms. The van der Waals surface area contributed by atoms with Crippen molar-refractivity contribution in [3.63, 3.8) is 0 Å². The molecule has 0 spiro atoms. The Morgan fingerprint density at radius 1 is 0.742 bits per heavy atom. The Kier molecular flexibility index (Phi) is 15.0. The first kappa shape index (κ1) is 29.2. The smallest absolute Gasteiger partial charge is 0.225 e. The van der Waals surface area contributed by atoms with E-state index in [-0.39, 0.29) is 44.5 Å². The van der Waals surface area contributed by atoms with Crippen molar-refractivity contribution in [2.45, 2.75) is 79.1 Å². The fourth-order valence-corrected chi connectivity index (χ4v) is 5.20. The quantitative estimate of drug-likeness (QED) is 0.518. The standard InChI is InChI=1S/C23H41N3O2.C2H6.Y/c1-3-22(27)20-5-7-21(8-6-20)23(28)26-17-15-25(16-18-26)12-4-11-24-13-9-19(2)10-14-24;1-2;/h19-21H,3-18H2,1-2H3;1-2H3;. The summed E-state index contributed by atoms with van der Waals surface area (Å²) in [7, 11) is 0. The summed E-state index contributed by atoms with van der Waals surface area (Å²) >= 11 is 0. The molecule has 1 radical (unpaired) electrons. The second-order valence-electron chi connectivity index (χ2n) is 9.41. The number of hydrogen-bond donors (Lipinski definition) is 0. The SMILES string of the molecule is CC.CCC(=O)C1CCC(C(=O)N2CCN(CCCN3CCC(C)CC3)CC2)CC1.[Y]. The van der Waals surface area contributed by atoms with Crippen molar-refractivity contribution < 1.29 is 42.3 Å². The molecule has 3 rings (SSSR count). The molecule has 177 valence electrons. The number of hydrogen-bond acceptors (Lipinski definition) is 4. The molecule has 2 heterocycles. The normalized spacial score (nSPS) is 25.9. The van der Waals surface area contributed by atoms with Crippen molar-refractivity contribution in [1.29, 1.82) is 0 Å². The maximum absolute atomic E-state index is 12.9. The summed E-state index contributed by atoms with van der Waals surface area (Å²) in [6.45, 7) is 17.1. The van der Waals surface area contributed by atoms with Gasteiger partial charge in [-0.2, -0.15) is 0 Å². The average molecular weight is 511 g/mol. The Morgan fingerprint density at radius 3 is 1.74 bits per heavy atom. The first-order valence-electron chi connectivity index (χ1n) is 12.8. The van der Waals surface area contributed by atoms with E-state index in [1.54, 1.807) is 0 Å². The molecule has 0 aromatic heterocycles. The van der Waals surface area contributed by atoms with Crippen LogP contribution in [0.25, 0.3) is 0 Å².